The van der Waals surface area contributed by atoms with Gasteiger partial charge in [0.15, 0.2) is 6.10 Å². The van der Waals surface area contributed by atoms with Gasteiger partial charge in [-0.15, -0.1) is 0 Å². The molecule has 0 spiro atoms. The molecule has 3 aromatic carbocycles. The van der Waals surface area contributed by atoms with Gasteiger partial charge in [0, 0.05) is 41.4 Å². The molecule has 0 bridgehead atoms. The SMILES string of the molecule is CCCCC(Oc1ccc(C(C)(C)CC)cc1C(C)(C)CC)C(=O)Nc1ccc(Nc2ccc(N(CC)CC)cc2)cc1. The van der Waals surface area contributed by atoms with Gasteiger partial charge < -0.3 is 20.3 Å². The summed E-state index contributed by atoms with van der Waals surface area (Å²) in [5.74, 6) is 0.699. The molecule has 0 aromatic heterocycles. The third-order valence-electron chi connectivity index (χ3n) is 9.08. The Morgan fingerprint density at radius 3 is 1.86 bits per heavy atom. The monoisotopic (exact) mass is 585 g/mol. The molecule has 234 valence electrons. The second-order valence-electron chi connectivity index (χ2n) is 12.8. The molecule has 0 aliphatic rings. The van der Waals surface area contributed by atoms with Gasteiger partial charge >= 0.3 is 0 Å². The number of hydrogen-bond acceptors (Lipinski definition) is 4. The summed E-state index contributed by atoms with van der Waals surface area (Å²) in [6.45, 7) is 22.0. The lowest BCUT2D eigenvalue weighted by Gasteiger charge is -2.31. The summed E-state index contributed by atoms with van der Waals surface area (Å²) in [6.07, 6.45) is 4.05. The van der Waals surface area contributed by atoms with Gasteiger partial charge in [0.05, 0.1) is 0 Å². The van der Waals surface area contributed by atoms with E-state index < -0.39 is 6.10 Å². The van der Waals surface area contributed by atoms with Crippen molar-refractivity contribution < 1.29 is 9.53 Å². The summed E-state index contributed by atoms with van der Waals surface area (Å²) in [5.41, 5.74) is 6.45. The molecule has 0 saturated heterocycles. The van der Waals surface area contributed by atoms with E-state index in [1.165, 1.54) is 16.8 Å². The number of nitrogens with one attached hydrogen (secondary N) is 2. The third kappa shape index (κ3) is 9.01. The number of carbonyl (C=O) groups excluding carboxylic acids is 1. The van der Waals surface area contributed by atoms with Gasteiger partial charge in [-0.05, 0) is 111 Å². The first kappa shape index (κ1) is 34.0. The van der Waals surface area contributed by atoms with Crippen molar-refractivity contribution in [3.63, 3.8) is 0 Å². The molecule has 0 saturated carbocycles. The van der Waals surface area contributed by atoms with Gasteiger partial charge in [-0.1, -0.05) is 67.0 Å². The van der Waals surface area contributed by atoms with Crippen LogP contribution in [0, 0.1) is 0 Å². The first-order chi connectivity index (χ1) is 20.5. The van der Waals surface area contributed by atoms with Gasteiger partial charge in [-0.3, -0.25) is 4.79 Å². The lowest BCUT2D eigenvalue weighted by molar-refractivity contribution is -0.123. The van der Waals surface area contributed by atoms with E-state index in [-0.39, 0.29) is 16.7 Å². The predicted octanol–water partition coefficient (Wildman–Crippen LogP) is 10.2. The molecular weight excluding hydrogens is 530 g/mol. The van der Waals surface area contributed by atoms with Crippen LogP contribution in [0.25, 0.3) is 0 Å². The van der Waals surface area contributed by atoms with Gasteiger partial charge in [0.1, 0.15) is 5.75 Å². The van der Waals surface area contributed by atoms with Crippen LogP contribution < -0.4 is 20.3 Å². The molecule has 0 heterocycles. The fraction of sp³-hybridized carbons (Fsp3) is 0.500. The second-order valence-corrected chi connectivity index (χ2v) is 12.8. The molecule has 1 atom stereocenters. The van der Waals surface area contributed by atoms with E-state index >= 15 is 0 Å². The first-order valence-electron chi connectivity index (χ1n) is 16.3. The summed E-state index contributed by atoms with van der Waals surface area (Å²) in [7, 11) is 0. The molecule has 0 aliphatic heterocycles. The molecule has 1 unspecified atom stereocenters. The molecule has 2 N–H and O–H groups in total. The molecule has 0 aliphatic carbocycles. The van der Waals surface area contributed by atoms with E-state index in [2.05, 4.69) is 120 Å². The van der Waals surface area contributed by atoms with Crippen LogP contribution >= 0.6 is 0 Å². The van der Waals surface area contributed by atoms with Crippen molar-refractivity contribution in [2.75, 3.05) is 28.6 Å². The number of nitrogens with zero attached hydrogens (tertiary/aromatic N) is 1. The van der Waals surface area contributed by atoms with Crippen molar-refractivity contribution in [3.05, 3.63) is 77.9 Å². The second kappa shape index (κ2) is 15.3. The minimum atomic E-state index is -0.571. The van der Waals surface area contributed by atoms with Crippen LogP contribution in [0.1, 0.15) is 106 Å². The highest BCUT2D eigenvalue weighted by Crippen LogP contribution is 2.39. The third-order valence-corrected chi connectivity index (χ3v) is 9.08. The van der Waals surface area contributed by atoms with Gasteiger partial charge in [0.2, 0.25) is 0 Å². The Morgan fingerprint density at radius 1 is 0.767 bits per heavy atom. The van der Waals surface area contributed by atoms with E-state index in [9.17, 15) is 4.79 Å². The lowest BCUT2D eigenvalue weighted by atomic mass is 9.76. The average Bonchev–Trinajstić information content (AvgIpc) is 3.01. The van der Waals surface area contributed by atoms with Crippen LogP contribution in [0.3, 0.4) is 0 Å². The number of rotatable bonds is 16. The number of benzene rings is 3. The largest absolute Gasteiger partial charge is 0.480 e. The molecule has 1 amide bonds. The molecule has 5 heteroatoms. The highest BCUT2D eigenvalue weighted by Gasteiger charge is 2.29. The summed E-state index contributed by atoms with van der Waals surface area (Å²) in [6, 6.07) is 22.9. The Hall–Kier alpha value is -3.47. The number of anilines is 4. The number of carbonyl (C=O) groups is 1. The maximum atomic E-state index is 13.6. The quantitative estimate of drug-likeness (QED) is 0.176. The molecule has 0 radical (unpaired) electrons. The predicted molar refractivity (Wildman–Crippen MR) is 185 cm³/mol. The number of hydrogen-bond donors (Lipinski definition) is 2. The van der Waals surface area contributed by atoms with E-state index in [0.717, 1.165) is 61.6 Å². The highest BCUT2D eigenvalue weighted by atomic mass is 16.5. The van der Waals surface area contributed by atoms with E-state index in [1.54, 1.807) is 0 Å². The number of amides is 1. The number of unbranched alkanes of at least 4 members (excludes halogenated alkanes) is 1. The molecule has 43 heavy (non-hydrogen) atoms. The summed E-state index contributed by atoms with van der Waals surface area (Å²) in [4.78, 5) is 15.9. The van der Waals surface area contributed by atoms with Crippen molar-refractivity contribution in [2.24, 2.45) is 0 Å². The molecule has 5 nitrogen and oxygen atoms in total. The van der Waals surface area contributed by atoms with E-state index in [1.807, 2.05) is 24.3 Å². The van der Waals surface area contributed by atoms with E-state index in [0.29, 0.717) is 6.42 Å². The van der Waals surface area contributed by atoms with Crippen LogP contribution in [0.5, 0.6) is 5.75 Å². The standard InChI is InChI=1S/C38H55N3O2/c1-10-15-16-35(43-34-26-17-28(37(6,7)11-2)27-33(34)38(8,9)12-3)36(42)40-31-20-18-29(19-21-31)39-30-22-24-32(25-23-30)41(13-4)14-5/h17-27,35,39H,10-16H2,1-9H3,(H,40,42). The Bertz CT molecular complexity index is 1290. The average molecular weight is 586 g/mol. The minimum Gasteiger partial charge on any atom is -0.480 e. The fourth-order valence-electron chi connectivity index (χ4n) is 5.13. The smallest absolute Gasteiger partial charge is 0.265 e. The Kier molecular flexibility index (Phi) is 12.1. The fourth-order valence-corrected chi connectivity index (χ4v) is 5.13. The maximum absolute atomic E-state index is 13.6. The van der Waals surface area contributed by atoms with Crippen LogP contribution in [-0.2, 0) is 15.6 Å². The van der Waals surface area contributed by atoms with Gasteiger partial charge in [-0.25, -0.2) is 0 Å². The molecular formula is C38H55N3O2. The molecule has 0 fully saturated rings. The van der Waals surface area contributed by atoms with Crippen molar-refractivity contribution in [3.8, 4) is 5.75 Å². The minimum absolute atomic E-state index is 0.0739. The lowest BCUT2D eigenvalue weighted by Crippen LogP contribution is -2.34. The number of ether oxygens (including phenoxy) is 1. The Labute approximate surface area is 261 Å². The zero-order valence-corrected chi connectivity index (χ0v) is 28.1. The maximum Gasteiger partial charge on any atom is 0.265 e. The normalized spacial score (nSPS) is 12.5. The first-order valence-corrected chi connectivity index (χ1v) is 16.3. The molecule has 3 aromatic rings. The van der Waals surface area contributed by atoms with Crippen molar-refractivity contribution >= 4 is 28.7 Å². The molecule has 3 rings (SSSR count). The Balaban J connectivity index is 1.76. The van der Waals surface area contributed by atoms with Crippen LogP contribution in [-0.4, -0.2) is 25.1 Å². The van der Waals surface area contributed by atoms with Crippen molar-refractivity contribution in [1.29, 1.82) is 0 Å². The van der Waals surface area contributed by atoms with Crippen LogP contribution in [0.4, 0.5) is 22.7 Å². The van der Waals surface area contributed by atoms with Crippen molar-refractivity contribution in [2.45, 2.75) is 111 Å². The topological polar surface area (TPSA) is 53.6 Å². The summed E-state index contributed by atoms with van der Waals surface area (Å²) < 4.78 is 6.59. The zero-order chi connectivity index (χ0) is 31.6. The summed E-state index contributed by atoms with van der Waals surface area (Å²) >= 11 is 0. The van der Waals surface area contributed by atoms with Crippen molar-refractivity contribution in [1.82, 2.24) is 0 Å². The van der Waals surface area contributed by atoms with Crippen LogP contribution in [0.2, 0.25) is 0 Å². The Morgan fingerprint density at radius 2 is 1.33 bits per heavy atom. The van der Waals surface area contributed by atoms with Crippen LogP contribution in [0.15, 0.2) is 66.7 Å². The van der Waals surface area contributed by atoms with Gasteiger partial charge in [0.25, 0.3) is 5.91 Å². The van der Waals surface area contributed by atoms with Gasteiger partial charge in [-0.2, -0.15) is 0 Å². The summed E-state index contributed by atoms with van der Waals surface area (Å²) in [5, 5.41) is 6.57. The zero-order valence-electron chi connectivity index (χ0n) is 28.1. The highest BCUT2D eigenvalue weighted by molar-refractivity contribution is 5.94. The van der Waals surface area contributed by atoms with E-state index in [4.69, 9.17) is 4.74 Å².